The van der Waals surface area contributed by atoms with Gasteiger partial charge in [-0.25, -0.2) is 0 Å². The summed E-state index contributed by atoms with van der Waals surface area (Å²) in [6, 6.07) is 6.42. The number of amides is 4. The van der Waals surface area contributed by atoms with Crippen molar-refractivity contribution in [3.63, 3.8) is 0 Å². The number of carbonyl (C=O) groups excluding carboxylic acids is 7. The predicted molar refractivity (Wildman–Crippen MR) is 245 cm³/mol. The number of Topliss-reactive ketones (excluding diaryl/α,β-unsaturated/α-hetero) is 1. The molecule has 4 amide bonds. The maximum Gasteiger partial charge on any atom is 0.322 e. The highest BCUT2D eigenvalue weighted by molar-refractivity contribution is 6.31. The number of hydrogen-bond donors (Lipinski definition) is 10. The number of phenols is 3. The molecule has 10 N–H and O–H groups in total. The maximum atomic E-state index is 14.2. The van der Waals surface area contributed by atoms with Crippen LogP contribution in [0.25, 0.3) is 0 Å². The van der Waals surface area contributed by atoms with Crippen molar-refractivity contribution in [3.05, 3.63) is 81.4 Å². The standard InChI is InChI=1S/C48H55N5O18/c1-21(54)9-14-33(56)51-29-16-36(70-23(3)41(29)60)71-32-18-48(67,17-28-38(32)45(64)40-39(43(28)62)42(61)27-7-6-8-31(68-5)37(27)44(40)63)24(4)53-69-20-34(57)50-22(2)46(65)52-30(47(66)49-19-35(58)59)15-25-10-12-26(55)13-11-25/h6-8,10-13,22-23,29-30,32,36,41,55,60,62,64,67H,9,14-20H2,1-5H3,(H,49,66)(H,50,57)(H,51,56)(H,52,65)(H,58,59)/b53-24+/t22-,23-,29-,30-,32-,36-,41+,48-/m0/s1. The van der Waals surface area contributed by atoms with Gasteiger partial charge in [-0.1, -0.05) is 29.4 Å². The largest absolute Gasteiger partial charge is 0.508 e. The molecule has 8 atom stereocenters. The molecule has 1 fully saturated rings. The number of nitrogens with zero attached hydrogens (tertiary/aromatic N) is 1. The topological polar surface area (TPSA) is 355 Å². The summed E-state index contributed by atoms with van der Waals surface area (Å²) in [7, 11) is 1.29. The summed E-state index contributed by atoms with van der Waals surface area (Å²) in [6.45, 7) is 3.89. The summed E-state index contributed by atoms with van der Waals surface area (Å²) < 4.78 is 17.7. The second kappa shape index (κ2) is 22.1. The molecular formula is C48H55N5O18. The van der Waals surface area contributed by atoms with Crippen LogP contribution in [0.3, 0.4) is 0 Å². The molecule has 0 bridgehead atoms. The van der Waals surface area contributed by atoms with Gasteiger partial charge in [0, 0.05) is 55.2 Å². The van der Waals surface area contributed by atoms with E-state index in [4.69, 9.17) is 24.2 Å². The number of oxime groups is 1. The summed E-state index contributed by atoms with van der Waals surface area (Å²) in [6.07, 6.45) is -6.53. The van der Waals surface area contributed by atoms with Crippen LogP contribution < -0.4 is 26.0 Å². The van der Waals surface area contributed by atoms with E-state index in [1.165, 1.54) is 77.3 Å². The van der Waals surface area contributed by atoms with Crippen molar-refractivity contribution in [1.82, 2.24) is 21.3 Å². The Labute approximate surface area is 405 Å². The van der Waals surface area contributed by atoms with Gasteiger partial charge in [0.05, 0.1) is 47.8 Å². The van der Waals surface area contributed by atoms with Crippen LogP contribution in [0.15, 0.2) is 47.6 Å². The van der Waals surface area contributed by atoms with Gasteiger partial charge in [-0.2, -0.15) is 0 Å². The fourth-order valence-corrected chi connectivity index (χ4v) is 8.62. The molecule has 3 aromatic carbocycles. The lowest BCUT2D eigenvalue weighted by Gasteiger charge is -2.43. The molecule has 380 valence electrons. The van der Waals surface area contributed by atoms with E-state index in [0.717, 1.165) is 0 Å². The van der Waals surface area contributed by atoms with Gasteiger partial charge in [-0.15, -0.1) is 0 Å². The number of methoxy groups -OCH3 is 1. The first-order valence-electron chi connectivity index (χ1n) is 22.4. The van der Waals surface area contributed by atoms with Crippen LogP contribution in [-0.2, 0) is 55.9 Å². The molecule has 23 nitrogen and oxygen atoms in total. The first-order valence-corrected chi connectivity index (χ1v) is 22.4. The molecular weight excluding hydrogens is 935 g/mol. The maximum absolute atomic E-state index is 14.2. The van der Waals surface area contributed by atoms with Crippen molar-refractivity contribution in [1.29, 1.82) is 0 Å². The summed E-state index contributed by atoms with van der Waals surface area (Å²) in [5.74, 6) is -7.87. The van der Waals surface area contributed by atoms with Crippen LogP contribution in [-0.4, -0.2) is 146 Å². The first-order chi connectivity index (χ1) is 33.5. The average molecular weight is 990 g/mol. The van der Waals surface area contributed by atoms with Gasteiger partial charge in [0.25, 0.3) is 5.91 Å². The van der Waals surface area contributed by atoms with Gasteiger partial charge in [0.1, 0.15) is 59.1 Å². The quantitative estimate of drug-likeness (QED) is 0.0347. The van der Waals surface area contributed by atoms with Crippen molar-refractivity contribution < 1.29 is 88.0 Å². The highest BCUT2D eigenvalue weighted by Gasteiger charge is 2.49. The Morgan fingerprint density at radius 3 is 2.25 bits per heavy atom. The van der Waals surface area contributed by atoms with Crippen molar-refractivity contribution in [2.75, 3.05) is 20.3 Å². The summed E-state index contributed by atoms with van der Waals surface area (Å²) in [5, 5.41) is 79.7. The van der Waals surface area contributed by atoms with Crippen LogP contribution in [0, 0.1) is 0 Å². The molecule has 0 spiro atoms. The normalized spacial score (nSPS) is 22.4. The van der Waals surface area contributed by atoms with Crippen molar-refractivity contribution in [2.24, 2.45) is 5.16 Å². The van der Waals surface area contributed by atoms with Crippen LogP contribution >= 0.6 is 0 Å². The number of ketones is 3. The number of carboxylic acids is 1. The van der Waals surface area contributed by atoms with E-state index < -0.39 is 138 Å². The Morgan fingerprint density at radius 1 is 0.901 bits per heavy atom. The van der Waals surface area contributed by atoms with Crippen LogP contribution in [0.1, 0.15) is 108 Å². The predicted octanol–water partition coefficient (Wildman–Crippen LogP) is 0.498. The minimum atomic E-state index is -2.16. The number of aliphatic carboxylic acids is 1. The minimum Gasteiger partial charge on any atom is -0.508 e. The number of hydrogen-bond acceptors (Lipinski definition) is 18. The van der Waals surface area contributed by atoms with Crippen molar-refractivity contribution in [2.45, 2.75) is 115 Å². The number of aromatic hydroxyl groups is 3. The van der Waals surface area contributed by atoms with Crippen LogP contribution in [0.2, 0.25) is 0 Å². The van der Waals surface area contributed by atoms with Gasteiger partial charge < -0.3 is 75.7 Å². The Hall–Kier alpha value is -7.47. The van der Waals surface area contributed by atoms with Gasteiger partial charge >= 0.3 is 5.97 Å². The number of carboxylic acid groups (broad SMARTS) is 1. The minimum absolute atomic E-state index is 0.0256. The molecule has 0 saturated carbocycles. The summed E-state index contributed by atoms with van der Waals surface area (Å²) in [5.41, 5.74) is -3.67. The average Bonchev–Trinajstić information content (AvgIpc) is 3.31. The summed E-state index contributed by atoms with van der Waals surface area (Å²) in [4.78, 5) is 108. The molecule has 0 aromatic heterocycles. The molecule has 0 unspecified atom stereocenters. The number of nitrogens with one attached hydrogen (secondary N) is 4. The third kappa shape index (κ3) is 11.9. The van der Waals surface area contributed by atoms with E-state index in [0.29, 0.717) is 5.56 Å². The van der Waals surface area contributed by atoms with Gasteiger partial charge in [0.2, 0.25) is 23.5 Å². The number of ether oxygens (including phenoxy) is 3. The zero-order valence-corrected chi connectivity index (χ0v) is 39.3. The number of aliphatic hydroxyl groups is 2. The van der Waals surface area contributed by atoms with Crippen LogP contribution in [0.4, 0.5) is 0 Å². The number of phenolic OH excluding ortho intramolecular Hbond substituents is 3. The zero-order valence-electron chi connectivity index (χ0n) is 39.3. The molecule has 1 saturated heterocycles. The van der Waals surface area contributed by atoms with E-state index in [2.05, 4.69) is 26.4 Å². The molecule has 1 heterocycles. The number of benzene rings is 3. The Bertz CT molecular complexity index is 2650. The lowest BCUT2D eigenvalue weighted by atomic mass is 9.72. The highest BCUT2D eigenvalue weighted by Crippen LogP contribution is 2.52. The van der Waals surface area contributed by atoms with Crippen LogP contribution in [0.5, 0.6) is 23.0 Å². The second-order valence-electron chi connectivity index (χ2n) is 17.6. The van der Waals surface area contributed by atoms with Gasteiger partial charge in [-0.05, 0) is 51.5 Å². The number of rotatable bonds is 19. The molecule has 2 aliphatic carbocycles. The zero-order chi connectivity index (χ0) is 52.1. The van der Waals surface area contributed by atoms with E-state index in [1.54, 1.807) is 0 Å². The molecule has 71 heavy (non-hydrogen) atoms. The van der Waals surface area contributed by atoms with E-state index in [-0.39, 0.29) is 70.9 Å². The summed E-state index contributed by atoms with van der Waals surface area (Å²) >= 11 is 0. The second-order valence-corrected chi connectivity index (χ2v) is 17.6. The van der Waals surface area contributed by atoms with Crippen molar-refractivity contribution >= 4 is 52.7 Å². The lowest BCUT2D eigenvalue weighted by Crippen LogP contribution is -2.55. The van der Waals surface area contributed by atoms with E-state index >= 15 is 0 Å². The molecule has 23 heteroatoms. The third-order valence-corrected chi connectivity index (χ3v) is 12.4. The number of carbonyl (C=O) groups is 8. The first kappa shape index (κ1) is 52.9. The van der Waals surface area contributed by atoms with Crippen molar-refractivity contribution in [3.8, 4) is 23.0 Å². The smallest absolute Gasteiger partial charge is 0.322 e. The Balaban J connectivity index is 1.24. The molecule has 3 aromatic rings. The van der Waals surface area contributed by atoms with E-state index in [1.807, 2.05) is 0 Å². The lowest BCUT2D eigenvalue weighted by molar-refractivity contribution is -0.248. The van der Waals surface area contributed by atoms with E-state index in [9.17, 15) is 63.9 Å². The molecule has 3 aliphatic rings. The van der Waals surface area contributed by atoms with Gasteiger partial charge in [-0.3, -0.25) is 33.6 Å². The number of fused-ring (bicyclic) bond motifs is 3. The SMILES string of the molecule is COc1cccc2c1C(=O)c1c(O)c3c(c(O)c1C2=O)C[C@@](O)(/C(C)=N/OCC(=O)N[C@@H](C)C(=O)N[C@@H](Cc1ccc(O)cc1)C(=O)NCC(=O)O)C[C@@H]3O[C@H]1C[C@H](NC(=O)CCC(C)=O)[C@H](O)[C@H](C)O1. The molecule has 0 radical (unpaired) electrons. The molecule has 1 aliphatic heterocycles. The molecule has 6 rings (SSSR count). The van der Waals surface area contributed by atoms with Gasteiger partial charge in [0.15, 0.2) is 18.7 Å². The monoisotopic (exact) mass is 989 g/mol. The number of aliphatic hydroxyl groups excluding tert-OH is 1. The fourth-order valence-electron chi connectivity index (χ4n) is 8.62. The highest BCUT2D eigenvalue weighted by atomic mass is 16.7. The Kier molecular flexibility index (Phi) is 16.5. The fraction of sp³-hybridized carbons (Fsp3) is 0.438. The Morgan fingerprint density at radius 2 is 1.59 bits per heavy atom. The third-order valence-electron chi connectivity index (χ3n) is 12.4.